The summed E-state index contributed by atoms with van der Waals surface area (Å²) in [6.07, 6.45) is 0. The van der Waals surface area contributed by atoms with Gasteiger partial charge in [-0.15, -0.1) is 0 Å². The number of rotatable bonds is 3. The van der Waals surface area contributed by atoms with Crippen molar-refractivity contribution in [2.24, 2.45) is 5.10 Å². The summed E-state index contributed by atoms with van der Waals surface area (Å²) in [7, 11) is 0. The summed E-state index contributed by atoms with van der Waals surface area (Å²) in [5, 5.41) is 29.7. The molecule has 9 heteroatoms. The van der Waals surface area contributed by atoms with Crippen LogP contribution in [0.4, 0.5) is 5.69 Å². The Hall–Kier alpha value is -1.61. The van der Waals surface area contributed by atoms with Gasteiger partial charge in [-0.1, -0.05) is 11.6 Å². The first kappa shape index (κ1) is 15.4. The minimum atomic E-state index is -1.28. The normalized spacial score (nSPS) is 9.11. The molecule has 96 valence electrons. The van der Waals surface area contributed by atoms with E-state index in [2.05, 4.69) is 42.4 Å². The summed E-state index contributed by atoms with van der Waals surface area (Å²) in [4.78, 5) is 11.2. The third-order valence-corrected chi connectivity index (χ3v) is 3.75. The Morgan fingerprint density at radius 2 is 1.95 bits per heavy atom. The predicted octanol–water partition coefficient (Wildman–Crippen LogP) is 3.38. The fourth-order valence-corrected chi connectivity index (χ4v) is 2.57. The van der Waals surface area contributed by atoms with Gasteiger partial charge >= 0.3 is 5.97 Å². The van der Waals surface area contributed by atoms with E-state index in [4.69, 9.17) is 27.2 Å². The molecule has 0 atom stereocenters. The van der Waals surface area contributed by atoms with Gasteiger partial charge in [0.25, 0.3) is 0 Å². The van der Waals surface area contributed by atoms with Crippen LogP contribution in [-0.2, 0) is 0 Å². The third kappa shape index (κ3) is 3.44. The number of carboxylic acids is 1. The van der Waals surface area contributed by atoms with Gasteiger partial charge in [0, 0.05) is 8.95 Å². The number of halogens is 3. The Labute approximate surface area is 129 Å². The predicted molar refractivity (Wildman–Crippen MR) is 76.1 cm³/mol. The molecule has 0 saturated carbocycles. The van der Waals surface area contributed by atoms with E-state index in [9.17, 15) is 4.79 Å². The molecule has 0 bridgehead atoms. The van der Waals surface area contributed by atoms with Gasteiger partial charge in [-0.2, -0.15) is 15.6 Å². The highest BCUT2D eigenvalue weighted by atomic mass is 79.9. The van der Waals surface area contributed by atoms with Crippen molar-refractivity contribution in [1.29, 1.82) is 10.5 Å². The second-order valence-corrected chi connectivity index (χ2v) is 5.09. The molecule has 1 aromatic rings. The lowest BCUT2D eigenvalue weighted by Gasteiger charge is -2.11. The van der Waals surface area contributed by atoms with E-state index in [1.807, 2.05) is 0 Å². The molecular weight excluding hydrogens is 403 g/mol. The fourth-order valence-electron chi connectivity index (χ4n) is 1.09. The molecule has 0 fully saturated rings. The summed E-state index contributed by atoms with van der Waals surface area (Å²) in [5.74, 6) is -1.28. The van der Waals surface area contributed by atoms with Crippen LogP contribution in [0.1, 0.15) is 10.4 Å². The average molecular weight is 406 g/mol. The molecule has 1 rings (SSSR count). The Kier molecular flexibility index (Phi) is 5.31. The summed E-state index contributed by atoms with van der Waals surface area (Å²) in [5.41, 5.74) is 1.71. The lowest BCUT2D eigenvalue weighted by Crippen LogP contribution is -2.06. The van der Waals surface area contributed by atoms with Crippen molar-refractivity contribution in [1.82, 2.24) is 0 Å². The van der Waals surface area contributed by atoms with Crippen LogP contribution < -0.4 is 5.43 Å². The Balaban J connectivity index is 3.41. The second kappa shape index (κ2) is 6.53. The zero-order valence-electron chi connectivity index (χ0n) is 8.91. The molecule has 0 aliphatic heterocycles. The van der Waals surface area contributed by atoms with Crippen molar-refractivity contribution in [3.8, 4) is 12.1 Å². The van der Waals surface area contributed by atoms with Crippen molar-refractivity contribution in [3.05, 3.63) is 25.6 Å². The monoisotopic (exact) mass is 404 g/mol. The summed E-state index contributed by atoms with van der Waals surface area (Å²) in [6.45, 7) is 0. The van der Waals surface area contributed by atoms with Crippen molar-refractivity contribution < 1.29 is 9.90 Å². The highest BCUT2D eigenvalue weighted by Crippen LogP contribution is 2.37. The van der Waals surface area contributed by atoms with Crippen molar-refractivity contribution in [2.75, 3.05) is 5.43 Å². The standard InChI is InChI=1S/C10H3Br2ClN4O2/c11-5-1-6(12)9(7(8(5)13)10(18)19)17-16-4(2-14)3-15/h1,17H,(H,18,19). The second-order valence-electron chi connectivity index (χ2n) is 3.01. The van der Waals surface area contributed by atoms with Gasteiger partial charge in [-0.05, 0) is 37.9 Å². The largest absolute Gasteiger partial charge is 0.478 e. The number of anilines is 1. The number of nitrogens with zero attached hydrogens (tertiary/aromatic N) is 3. The van der Waals surface area contributed by atoms with Crippen LogP contribution in [0.25, 0.3) is 0 Å². The molecule has 0 spiro atoms. The maximum Gasteiger partial charge on any atom is 0.339 e. The van der Waals surface area contributed by atoms with Gasteiger partial charge in [0.2, 0.25) is 5.71 Å². The summed E-state index contributed by atoms with van der Waals surface area (Å²) in [6, 6.07) is 4.59. The van der Waals surface area contributed by atoms with E-state index in [0.29, 0.717) is 8.95 Å². The van der Waals surface area contributed by atoms with Gasteiger partial charge < -0.3 is 5.11 Å². The number of benzene rings is 1. The van der Waals surface area contributed by atoms with Gasteiger partial charge in [-0.25, -0.2) is 4.79 Å². The first-order valence-electron chi connectivity index (χ1n) is 4.47. The number of nitriles is 2. The number of hydrogen-bond donors (Lipinski definition) is 2. The van der Waals surface area contributed by atoms with Gasteiger partial charge in [0.1, 0.15) is 17.7 Å². The van der Waals surface area contributed by atoms with E-state index < -0.39 is 11.7 Å². The zero-order valence-corrected chi connectivity index (χ0v) is 12.8. The van der Waals surface area contributed by atoms with Crippen LogP contribution in [0.3, 0.4) is 0 Å². The molecule has 0 aromatic heterocycles. The quantitative estimate of drug-likeness (QED) is 0.454. The minimum Gasteiger partial charge on any atom is -0.478 e. The van der Waals surface area contributed by atoms with E-state index in [0.717, 1.165) is 0 Å². The highest BCUT2D eigenvalue weighted by molar-refractivity contribution is 9.11. The highest BCUT2D eigenvalue weighted by Gasteiger charge is 2.20. The number of carboxylic acid groups (broad SMARTS) is 1. The van der Waals surface area contributed by atoms with Crippen molar-refractivity contribution in [2.45, 2.75) is 0 Å². The first-order chi connectivity index (χ1) is 8.92. The molecule has 0 amide bonds. The SMILES string of the molecule is N#CC(C#N)=NNc1c(Br)cc(Br)c(Cl)c1C(=O)O. The molecule has 0 aliphatic carbocycles. The third-order valence-electron chi connectivity index (χ3n) is 1.88. The van der Waals surface area contributed by atoms with Crippen molar-refractivity contribution in [3.63, 3.8) is 0 Å². The Bertz CT molecular complexity index is 645. The van der Waals surface area contributed by atoms with E-state index >= 15 is 0 Å². The Morgan fingerprint density at radius 1 is 1.37 bits per heavy atom. The lowest BCUT2D eigenvalue weighted by molar-refractivity contribution is 0.0698. The number of hydrogen-bond acceptors (Lipinski definition) is 5. The number of aromatic carboxylic acids is 1. The average Bonchev–Trinajstić information content (AvgIpc) is 2.35. The number of hydrazone groups is 1. The van der Waals surface area contributed by atoms with Crippen LogP contribution in [-0.4, -0.2) is 16.8 Å². The maximum atomic E-state index is 11.2. The van der Waals surface area contributed by atoms with Crippen molar-refractivity contribution >= 4 is 60.8 Å². The zero-order chi connectivity index (χ0) is 14.6. The lowest BCUT2D eigenvalue weighted by atomic mass is 10.2. The van der Waals surface area contributed by atoms with Crippen LogP contribution in [0.2, 0.25) is 5.02 Å². The van der Waals surface area contributed by atoms with E-state index in [-0.39, 0.29) is 16.3 Å². The number of nitrogens with one attached hydrogen (secondary N) is 1. The number of carbonyl (C=O) groups is 1. The smallest absolute Gasteiger partial charge is 0.339 e. The molecular formula is C10H3Br2ClN4O2. The molecule has 19 heavy (non-hydrogen) atoms. The minimum absolute atomic E-state index is 0.0242. The molecule has 1 aromatic carbocycles. The van der Waals surface area contributed by atoms with E-state index in [1.54, 1.807) is 0 Å². The molecule has 6 nitrogen and oxygen atoms in total. The fraction of sp³-hybridized carbons (Fsp3) is 0. The topological polar surface area (TPSA) is 109 Å². The van der Waals surface area contributed by atoms with Gasteiger partial charge in [-0.3, -0.25) is 5.43 Å². The van der Waals surface area contributed by atoms with Crippen LogP contribution in [0.5, 0.6) is 0 Å². The van der Waals surface area contributed by atoms with Crippen LogP contribution in [0, 0.1) is 22.7 Å². The Morgan fingerprint density at radius 3 is 2.42 bits per heavy atom. The molecule has 2 N–H and O–H groups in total. The molecule has 0 heterocycles. The molecule has 0 aliphatic rings. The van der Waals surface area contributed by atoms with Crippen LogP contribution >= 0.6 is 43.5 Å². The van der Waals surface area contributed by atoms with Gasteiger partial charge in [0.15, 0.2) is 0 Å². The maximum absolute atomic E-state index is 11.2. The van der Waals surface area contributed by atoms with E-state index in [1.165, 1.54) is 18.2 Å². The molecule has 0 saturated heterocycles. The van der Waals surface area contributed by atoms with Crippen LogP contribution in [0.15, 0.2) is 20.1 Å². The first-order valence-corrected chi connectivity index (χ1v) is 6.43. The van der Waals surface area contributed by atoms with Gasteiger partial charge in [0.05, 0.1) is 10.7 Å². The molecule has 0 unspecified atom stereocenters. The molecule has 0 radical (unpaired) electrons. The summed E-state index contributed by atoms with van der Waals surface area (Å²) < 4.78 is 0.744. The summed E-state index contributed by atoms with van der Waals surface area (Å²) >= 11 is 12.1.